The predicted octanol–water partition coefficient (Wildman–Crippen LogP) is 2.81. The van der Waals surface area contributed by atoms with Crippen molar-refractivity contribution in [3.05, 3.63) is 24.0 Å². The van der Waals surface area contributed by atoms with Gasteiger partial charge in [0.15, 0.2) is 0 Å². The molecule has 12 heteroatoms. The molecule has 0 aliphatic carbocycles. The number of likely N-dealkylation sites (tertiary alicyclic amines) is 1. The van der Waals surface area contributed by atoms with Gasteiger partial charge in [-0.05, 0) is 51.8 Å². The lowest BCUT2D eigenvalue weighted by molar-refractivity contribution is -0.133. The molecule has 1 aromatic carbocycles. The average molecular weight is 526 g/mol. The van der Waals surface area contributed by atoms with E-state index in [1.807, 2.05) is 4.90 Å². The second kappa shape index (κ2) is 10.4. The van der Waals surface area contributed by atoms with Gasteiger partial charge in [-0.3, -0.25) is 19.8 Å². The van der Waals surface area contributed by atoms with Gasteiger partial charge in [0.25, 0.3) is 5.92 Å². The van der Waals surface area contributed by atoms with E-state index in [0.29, 0.717) is 44.0 Å². The van der Waals surface area contributed by atoms with E-state index in [1.54, 1.807) is 37.8 Å². The Kier molecular flexibility index (Phi) is 7.59. The number of ether oxygens (including phenoxy) is 1. The summed E-state index contributed by atoms with van der Waals surface area (Å²) in [7, 11) is 0. The lowest BCUT2D eigenvalue weighted by atomic mass is 9.98. The molecule has 3 amide bonds. The molecule has 2 atom stereocenters. The highest BCUT2D eigenvalue weighted by atomic mass is 19.3. The van der Waals surface area contributed by atoms with Crippen LogP contribution in [0.3, 0.4) is 0 Å². The fourth-order valence-electron chi connectivity index (χ4n) is 5.02. The minimum absolute atomic E-state index is 0.126. The molecular formula is C25H34F3N5O4. The molecule has 9 nitrogen and oxygen atoms in total. The third kappa shape index (κ3) is 6.46. The molecule has 4 rings (SSSR count). The number of carbonyl (C=O) groups is 3. The zero-order valence-corrected chi connectivity index (χ0v) is 21.4. The van der Waals surface area contributed by atoms with Crippen molar-refractivity contribution < 1.29 is 32.3 Å². The number of halogens is 3. The van der Waals surface area contributed by atoms with Crippen molar-refractivity contribution in [2.45, 2.75) is 63.6 Å². The van der Waals surface area contributed by atoms with Crippen LogP contribution >= 0.6 is 0 Å². The van der Waals surface area contributed by atoms with Crippen molar-refractivity contribution in [3.63, 3.8) is 0 Å². The minimum atomic E-state index is -3.09. The Labute approximate surface area is 214 Å². The van der Waals surface area contributed by atoms with Crippen LogP contribution in [-0.2, 0) is 14.3 Å². The first kappa shape index (κ1) is 27.0. The van der Waals surface area contributed by atoms with Gasteiger partial charge in [-0.15, -0.1) is 0 Å². The van der Waals surface area contributed by atoms with Crippen molar-refractivity contribution in [2.24, 2.45) is 0 Å². The van der Waals surface area contributed by atoms with Crippen LogP contribution in [0.4, 0.5) is 29.3 Å². The second-order valence-corrected chi connectivity index (χ2v) is 10.8. The molecule has 0 spiro atoms. The smallest absolute Gasteiger partial charge is 0.410 e. The van der Waals surface area contributed by atoms with Gasteiger partial charge in [0.1, 0.15) is 17.5 Å². The van der Waals surface area contributed by atoms with Crippen LogP contribution in [-0.4, -0.2) is 90.6 Å². The van der Waals surface area contributed by atoms with Gasteiger partial charge in [-0.1, -0.05) is 0 Å². The Hall–Kier alpha value is -3.02. The number of rotatable bonds is 4. The minimum Gasteiger partial charge on any atom is -0.444 e. The first-order valence-corrected chi connectivity index (χ1v) is 12.6. The topological polar surface area (TPSA) is 94.2 Å². The highest BCUT2D eigenvalue weighted by Gasteiger charge is 2.49. The van der Waals surface area contributed by atoms with E-state index in [2.05, 4.69) is 10.6 Å². The fraction of sp³-hybridized carbons (Fsp3) is 0.640. The highest BCUT2D eigenvalue weighted by molar-refractivity contribution is 6.01. The second-order valence-electron chi connectivity index (χ2n) is 10.8. The van der Waals surface area contributed by atoms with Crippen LogP contribution in [0, 0.1) is 5.82 Å². The third-order valence-electron chi connectivity index (χ3n) is 6.84. The van der Waals surface area contributed by atoms with E-state index < -0.39 is 48.0 Å². The number of nitrogens with one attached hydrogen (secondary N) is 2. The molecule has 3 aliphatic rings. The monoisotopic (exact) mass is 525 g/mol. The van der Waals surface area contributed by atoms with E-state index in [4.69, 9.17) is 4.74 Å². The lowest BCUT2D eigenvalue weighted by Crippen LogP contribution is -2.62. The maximum Gasteiger partial charge on any atom is 0.410 e. The van der Waals surface area contributed by atoms with Crippen LogP contribution in [0.1, 0.15) is 40.0 Å². The third-order valence-corrected chi connectivity index (χ3v) is 6.84. The fourth-order valence-corrected chi connectivity index (χ4v) is 5.02. The van der Waals surface area contributed by atoms with Gasteiger partial charge >= 0.3 is 6.09 Å². The summed E-state index contributed by atoms with van der Waals surface area (Å²) in [4.78, 5) is 40.1. The summed E-state index contributed by atoms with van der Waals surface area (Å²) in [5, 5.41) is 5.21. The molecule has 204 valence electrons. The van der Waals surface area contributed by atoms with Crippen LogP contribution in [0.5, 0.6) is 0 Å². The van der Waals surface area contributed by atoms with Gasteiger partial charge in [-0.2, -0.15) is 0 Å². The molecule has 0 radical (unpaired) electrons. The summed E-state index contributed by atoms with van der Waals surface area (Å²) in [5.74, 6) is -4.34. The number of hydrogen-bond donors (Lipinski definition) is 2. The van der Waals surface area contributed by atoms with Gasteiger partial charge < -0.3 is 19.9 Å². The van der Waals surface area contributed by atoms with E-state index in [9.17, 15) is 18.8 Å². The zero-order chi connectivity index (χ0) is 27.0. The molecule has 2 N–H and O–H groups in total. The summed E-state index contributed by atoms with van der Waals surface area (Å²) in [5.41, 5.74) is 0.0272. The lowest BCUT2D eigenvalue weighted by Gasteiger charge is -2.46. The van der Waals surface area contributed by atoms with Gasteiger partial charge in [0.05, 0.1) is 18.3 Å². The molecule has 37 heavy (non-hydrogen) atoms. The molecule has 3 heterocycles. The molecule has 3 saturated heterocycles. The number of imide groups is 1. The molecule has 0 bridgehead atoms. The van der Waals surface area contributed by atoms with Crippen LogP contribution in [0.2, 0.25) is 0 Å². The Balaban J connectivity index is 1.32. The molecular weight excluding hydrogens is 491 g/mol. The predicted molar refractivity (Wildman–Crippen MR) is 131 cm³/mol. The molecule has 0 unspecified atom stereocenters. The molecule has 3 aliphatic heterocycles. The Morgan fingerprint density at radius 1 is 1.11 bits per heavy atom. The van der Waals surface area contributed by atoms with Gasteiger partial charge in [0.2, 0.25) is 11.8 Å². The summed E-state index contributed by atoms with van der Waals surface area (Å²) in [6, 6.07) is 2.95. The largest absolute Gasteiger partial charge is 0.444 e. The number of benzene rings is 1. The Morgan fingerprint density at radius 2 is 1.81 bits per heavy atom. The molecule has 3 fully saturated rings. The van der Waals surface area contributed by atoms with Crippen molar-refractivity contribution in [1.29, 1.82) is 0 Å². The number of hydrogen-bond acceptors (Lipinski definition) is 7. The van der Waals surface area contributed by atoms with Crippen molar-refractivity contribution in [2.75, 3.05) is 49.5 Å². The number of piperidine rings is 2. The summed E-state index contributed by atoms with van der Waals surface area (Å²) in [6.07, 6.45) is -0.0622. The van der Waals surface area contributed by atoms with Crippen LogP contribution in [0.15, 0.2) is 18.2 Å². The van der Waals surface area contributed by atoms with E-state index in [0.717, 1.165) is 4.90 Å². The van der Waals surface area contributed by atoms with E-state index in [-0.39, 0.29) is 25.3 Å². The Bertz CT molecular complexity index is 1040. The number of amides is 3. The normalized spacial score (nSPS) is 25.0. The van der Waals surface area contributed by atoms with E-state index >= 15 is 8.78 Å². The summed E-state index contributed by atoms with van der Waals surface area (Å²) >= 11 is 0. The molecule has 0 saturated carbocycles. The standard InChI is InChI=1S/C25H34F3N5O4/c1-24(2,3)37-23(36)33-9-8-20(25(27,28)15-33)32-12-10-31(11-13-32)19-6-4-16(14-17(19)26)29-18-5-7-21(34)30-22(18)35/h4,6,14,18,20,29H,5,7-13,15H2,1-3H3,(H,30,34,35)/t18-,20-/m0/s1. The highest BCUT2D eigenvalue weighted by Crippen LogP contribution is 2.33. The number of nitrogens with zero attached hydrogens (tertiary/aromatic N) is 3. The van der Waals surface area contributed by atoms with Crippen molar-refractivity contribution in [3.8, 4) is 0 Å². The maximum atomic E-state index is 15.0. The summed E-state index contributed by atoms with van der Waals surface area (Å²) in [6.45, 7) is 6.00. The van der Waals surface area contributed by atoms with E-state index in [1.165, 1.54) is 6.07 Å². The number of alkyl halides is 2. The number of piperazine rings is 1. The van der Waals surface area contributed by atoms with Gasteiger partial charge in [0, 0.05) is 44.8 Å². The van der Waals surface area contributed by atoms with Crippen LogP contribution < -0.4 is 15.5 Å². The first-order chi connectivity index (χ1) is 17.3. The quantitative estimate of drug-likeness (QED) is 0.584. The van der Waals surface area contributed by atoms with Gasteiger partial charge in [-0.25, -0.2) is 18.0 Å². The SMILES string of the molecule is CC(C)(C)OC(=O)N1CC[C@H](N2CCN(c3ccc(N[C@H]4CCC(=O)NC4=O)cc3F)CC2)C(F)(F)C1. The number of carbonyl (C=O) groups excluding carboxylic acids is 3. The maximum absolute atomic E-state index is 15.0. The molecule has 0 aromatic heterocycles. The first-order valence-electron chi connectivity index (χ1n) is 12.6. The average Bonchev–Trinajstić information content (AvgIpc) is 2.79. The van der Waals surface area contributed by atoms with Crippen LogP contribution in [0.25, 0.3) is 0 Å². The van der Waals surface area contributed by atoms with Crippen molar-refractivity contribution in [1.82, 2.24) is 15.1 Å². The van der Waals surface area contributed by atoms with Crippen molar-refractivity contribution >= 4 is 29.3 Å². The number of anilines is 2. The molecule has 1 aromatic rings. The Morgan fingerprint density at radius 3 is 2.41 bits per heavy atom. The zero-order valence-electron chi connectivity index (χ0n) is 21.4. The summed E-state index contributed by atoms with van der Waals surface area (Å²) < 4.78 is 50.3.